The number of para-hydroxylation sites is 1. The third-order valence-electron chi connectivity index (χ3n) is 6.84. The molecule has 0 bridgehead atoms. The fourth-order valence-corrected chi connectivity index (χ4v) is 4.68. The van der Waals surface area contributed by atoms with Crippen LogP contribution < -0.4 is 10.6 Å². The SMILES string of the molecule is CC(C)(C)C1CCC(N(Cc2ccc(C(=O)NCCC(=O)O)cc2)C(=O)Nc2ccccc2)CC1. The molecule has 1 aliphatic rings. The van der Waals surface area contributed by atoms with Crippen molar-refractivity contribution in [3.63, 3.8) is 0 Å². The highest BCUT2D eigenvalue weighted by Gasteiger charge is 2.33. The molecule has 3 rings (SSSR count). The predicted molar refractivity (Wildman–Crippen MR) is 137 cm³/mol. The first-order valence-corrected chi connectivity index (χ1v) is 12.3. The van der Waals surface area contributed by atoms with Gasteiger partial charge in [0.2, 0.25) is 0 Å². The Morgan fingerprint density at radius 3 is 2.14 bits per heavy atom. The number of anilines is 1. The number of benzene rings is 2. The number of nitrogens with zero attached hydrogens (tertiary/aromatic N) is 1. The van der Waals surface area contributed by atoms with E-state index < -0.39 is 5.97 Å². The lowest BCUT2D eigenvalue weighted by Gasteiger charge is -2.41. The highest BCUT2D eigenvalue weighted by atomic mass is 16.4. The Labute approximate surface area is 207 Å². The zero-order valence-corrected chi connectivity index (χ0v) is 20.9. The molecule has 0 saturated heterocycles. The number of carbonyl (C=O) groups excluding carboxylic acids is 2. The molecule has 0 spiro atoms. The minimum absolute atomic E-state index is 0.0839. The van der Waals surface area contributed by atoms with Crippen LogP contribution in [0.2, 0.25) is 0 Å². The summed E-state index contributed by atoms with van der Waals surface area (Å²) < 4.78 is 0. The van der Waals surface area contributed by atoms with Crippen LogP contribution in [0.5, 0.6) is 0 Å². The van der Waals surface area contributed by atoms with Gasteiger partial charge in [-0.1, -0.05) is 51.1 Å². The van der Waals surface area contributed by atoms with E-state index in [1.807, 2.05) is 47.4 Å². The first kappa shape index (κ1) is 26.3. The molecule has 1 saturated carbocycles. The van der Waals surface area contributed by atoms with Crippen LogP contribution in [0.15, 0.2) is 54.6 Å². The van der Waals surface area contributed by atoms with Gasteiger partial charge in [0.05, 0.1) is 6.42 Å². The van der Waals surface area contributed by atoms with Crippen molar-refractivity contribution in [1.29, 1.82) is 0 Å². The van der Waals surface area contributed by atoms with Crippen molar-refractivity contribution in [3.8, 4) is 0 Å². The number of amides is 3. The molecule has 35 heavy (non-hydrogen) atoms. The Morgan fingerprint density at radius 1 is 0.943 bits per heavy atom. The van der Waals surface area contributed by atoms with Gasteiger partial charge in [0.25, 0.3) is 5.91 Å². The van der Waals surface area contributed by atoms with Gasteiger partial charge in [-0.25, -0.2) is 4.79 Å². The molecule has 1 fully saturated rings. The number of urea groups is 1. The van der Waals surface area contributed by atoms with Crippen LogP contribution >= 0.6 is 0 Å². The van der Waals surface area contributed by atoms with Gasteiger partial charge in [-0.3, -0.25) is 9.59 Å². The van der Waals surface area contributed by atoms with Crippen LogP contribution in [0.1, 0.15) is 68.8 Å². The van der Waals surface area contributed by atoms with Crippen LogP contribution in [-0.4, -0.2) is 40.5 Å². The van der Waals surface area contributed by atoms with Crippen molar-refractivity contribution in [3.05, 3.63) is 65.7 Å². The van der Waals surface area contributed by atoms with E-state index in [0.29, 0.717) is 18.0 Å². The molecule has 0 aromatic heterocycles. The van der Waals surface area contributed by atoms with Crippen molar-refractivity contribution in [1.82, 2.24) is 10.2 Å². The zero-order chi connectivity index (χ0) is 25.4. The van der Waals surface area contributed by atoms with E-state index >= 15 is 0 Å². The molecule has 7 nitrogen and oxygen atoms in total. The van der Waals surface area contributed by atoms with Gasteiger partial charge in [0.1, 0.15) is 0 Å². The summed E-state index contributed by atoms with van der Waals surface area (Å²) in [6, 6.07) is 16.6. The van der Waals surface area contributed by atoms with Crippen molar-refractivity contribution >= 4 is 23.6 Å². The highest BCUT2D eigenvalue weighted by Crippen LogP contribution is 2.39. The second-order valence-electron chi connectivity index (χ2n) is 10.4. The summed E-state index contributed by atoms with van der Waals surface area (Å²) in [5.74, 6) is -0.611. The fourth-order valence-electron chi connectivity index (χ4n) is 4.68. The van der Waals surface area contributed by atoms with Gasteiger partial charge in [-0.2, -0.15) is 0 Å². The number of carboxylic acid groups (broad SMARTS) is 1. The molecular weight excluding hydrogens is 442 g/mol. The van der Waals surface area contributed by atoms with Crippen molar-refractivity contribution < 1.29 is 19.5 Å². The van der Waals surface area contributed by atoms with E-state index in [2.05, 4.69) is 31.4 Å². The minimum atomic E-state index is -0.953. The summed E-state index contributed by atoms with van der Waals surface area (Å²) in [6.07, 6.45) is 4.01. The number of hydrogen-bond donors (Lipinski definition) is 3. The van der Waals surface area contributed by atoms with Gasteiger partial charge in [-0.05, 0) is 66.8 Å². The zero-order valence-electron chi connectivity index (χ0n) is 20.9. The lowest BCUT2D eigenvalue weighted by molar-refractivity contribution is -0.136. The Bertz CT molecular complexity index is 991. The maximum atomic E-state index is 13.3. The number of carbonyl (C=O) groups is 3. The number of carboxylic acids is 1. The standard InChI is InChI=1S/C28H37N3O4/c1-28(2,3)22-13-15-24(16-14-22)31(27(35)30-23-7-5-4-6-8-23)19-20-9-11-21(12-10-20)26(34)29-18-17-25(32)33/h4-12,22,24H,13-19H2,1-3H3,(H,29,34)(H,30,35)(H,32,33). The molecule has 3 amide bonds. The van der Waals surface area contributed by atoms with E-state index in [1.54, 1.807) is 12.1 Å². The maximum Gasteiger partial charge on any atom is 0.322 e. The highest BCUT2D eigenvalue weighted by molar-refractivity contribution is 5.94. The second kappa shape index (κ2) is 11.9. The summed E-state index contributed by atoms with van der Waals surface area (Å²) in [5.41, 5.74) is 2.43. The van der Waals surface area contributed by atoms with Crippen molar-refractivity contribution in [2.24, 2.45) is 11.3 Å². The first-order chi connectivity index (χ1) is 16.6. The minimum Gasteiger partial charge on any atom is -0.481 e. The van der Waals surface area contributed by atoms with Crippen LogP contribution in [-0.2, 0) is 11.3 Å². The molecule has 0 unspecified atom stereocenters. The quantitative estimate of drug-likeness (QED) is 0.464. The average molecular weight is 480 g/mol. The lowest BCUT2D eigenvalue weighted by atomic mass is 9.71. The van der Waals surface area contributed by atoms with Gasteiger partial charge in [-0.15, -0.1) is 0 Å². The van der Waals surface area contributed by atoms with Gasteiger partial charge in [0.15, 0.2) is 0 Å². The summed E-state index contributed by atoms with van der Waals surface area (Å²) in [5, 5.41) is 14.4. The van der Waals surface area contributed by atoms with Crippen molar-refractivity contribution in [2.75, 3.05) is 11.9 Å². The maximum absolute atomic E-state index is 13.3. The Hall–Kier alpha value is -3.35. The molecule has 1 aliphatic carbocycles. The van der Waals surface area contributed by atoms with E-state index in [0.717, 1.165) is 36.9 Å². The molecule has 3 N–H and O–H groups in total. The van der Waals surface area contributed by atoms with E-state index in [1.165, 1.54) is 0 Å². The monoisotopic (exact) mass is 479 g/mol. The number of hydrogen-bond acceptors (Lipinski definition) is 3. The Balaban J connectivity index is 1.70. The molecular formula is C28H37N3O4. The third-order valence-corrected chi connectivity index (χ3v) is 6.84. The van der Waals surface area contributed by atoms with E-state index in [4.69, 9.17) is 5.11 Å². The Kier molecular flexibility index (Phi) is 8.90. The van der Waals surface area contributed by atoms with Crippen LogP contribution in [0.25, 0.3) is 0 Å². The van der Waals surface area contributed by atoms with Gasteiger partial charge >= 0.3 is 12.0 Å². The average Bonchev–Trinajstić information content (AvgIpc) is 2.82. The Morgan fingerprint density at radius 2 is 1.57 bits per heavy atom. The molecule has 188 valence electrons. The largest absolute Gasteiger partial charge is 0.481 e. The summed E-state index contributed by atoms with van der Waals surface area (Å²) in [7, 11) is 0. The lowest BCUT2D eigenvalue weighted by Crippen LogP contribution is -2.45. The molecule has 2 aromatic carbocycles. The first-order valence-electron chi connectivity index (χ1n) is 12.3. The number of rotatable bonds is 8. The normalized spacial score (nSPS) is 17.9. The van der Waals surface area contributed by atoms with Gasteiger partial charge in [0, 0.05) is 30.4 Å². The van der Waals surface area contributed by atoms with Gasteiger partial charge < -0.3 is 20.6 Å². The summed E-state index contributed by atoms with van der Waals surface area (Å²) in [6.45, 7) is 7.40. The summed E-state index contributed by atoms with van der Waals surface area (Å²) in [4.78, 5) is 38.2. The van der Waals surface area contributed by atoms with E-state index in [9.17, 15) is 14.4 Å². The molecule has 0 radical (unpaired) electrons. The fraction of sp³-hybridized carbons (Fsp3) is 0.464. The molecule has 0 aliphatic heterocycles. The number of aliphatic carboxylic acids is 1. The molecule has 7 heteroatoms. The molecule has 0 atom stereocenters. The van der Waals surface area contributed by atoms with Crippen LogP contribution in [0.3, 0.4) is 0 Å². The van der Waals surface area contributed by atoms with E-state index in [-0.39, 0.29) is 36.4 Å². The second-order valence-corrected chi connectivity index (χ2v) is 10.4. The smallest absolute Gasteiger partial charge is 0.322 e. The molecule has 2 aromatic rings. The molecule has 0 heterocycles. The topological polar surface area (TPSA) is 98.7 Å². The summed E-state index contributed by atoms with van der Waals surface area (Å²) >= 11 is 0. The van der Waals surface area contributed by atoms with Crippen LogP contribution in [0, 0.1) is 11.3 Å². The van der Waals surface area contributed by atoms with Crippen LogP contribution in [0.4, 0.5) is 10.5 Å². The third kappa shape index (κ3) is 7.84. The van der Waals surface area contributed by atoms with Crippen molar-refractivity contribution in [2.45, 2.75) is 65.5 Å². The predicted octanol–water partition coefficient (Wildman–Crippen LogP) is 5.53. The number of nitrogens with one attached hydrogen (secondary N) is 2.